The Hall–Kier alpha value is -1.91. The Morgan fingerprint density at radius 2 is 2.21 bits per heavy atom. The number of halogens is 1. The molecule has 0 unspecified atom stereocenters. The minimum Gasteiger partial charge on any atom is -0.495 e. The Balaban J connectivity index is 3.46. The molecule has 1 aromatic carbocycles. The number of carbonyl (C=O) groups is 2. The van der Waals surface area contributed by atoms with Crippen molar-refractivity contribution >= 4 is 12.2 Å². The Labute approximate surface area is 79.5 Å². The largest absolute Gasteiger partial charge is 0.495 e. The van der Waals surface area contributed by atoms with Gasteiger partial charge in [0.15, 0.2) is 6.29 Å². The average Bonchev–Trinajstić information content (AvgIpc) is 2.16. The number of nitrogens with two attached hydrogens (primary N) is 1. The third-order valence-electron chi connectivity index (χ3n) is 1.68. The van der Waals surface area contributed by atoms with Crippen LogP contribution in [0.3, 0.4) is 0 Å². The molecule has 0 aromatic heterocycles. The molecule has 0 aliphatic heterocycles. The van der Waals surface area contributed by atoms with Crippen molar-refractivity contribution in [2.24, 2.45) is 5.73 Å². The van der Waals surface area contributed by atoms with Gasteiger partial charge >= 0.3 is 0 Å². The molecule has 1 rings (SSSR count). The summed E-state index contributed by atoms with van der Waals surface area (Å²) < 4.78 is 17.7. The first-order chi connectivity index (χ1) is 6.60. The third kappa shape index (κ3) is 1.71. The fourth-order valence-corrected chi connectivity index (χ4v) is 1.11. The Morgan fingerprint density at radius 1 is 1.57 bits per heavy atom. The van der Waals surface area contributed by atoms with Crippen LogP contribution >= 0.6 is 0 Å². The number of benzene rings is 1. The number of carbonyl (C=O) groups excluding carboxylic acids is 2. The maximum absolute atomic E-state index is 12.9. The lowest BCUT2D eigenvalue weighted by molar-refractivity contribution is 0.0997. The molecule has 14 heavy (non-hydrogen) atoms. The van der Waals surface area contributed by atoms with Gasteiger partial charge in [-0.05, 0) is 12.1 Å². The molecule has 4 nitrogen and oxygen atoms in total. The molecule has 1 aromatic rings. The van der Waals surface area contributed by atoms with Crippen molar-refractivity contribution in [3.05, 3.63) is 29.1 Å². The minimum absolute atomic E-state index is 0.00565. The van der Waals surface area contributed by atoms with E-state index in [-0.39, 0.29) is 16.9 Å². The summed E-state index contributed by atoms with van der Waals surface area (Å²) in [6.07, 6.45) is 0.397. The molecular weight excluding hydrogens is 189 g/mol. The van der Waals surface area contributed by atoms with Crippen LogP contribution in [0, 0.1) is 5.82 Å². The summed E-state index contributed by atoms with van der Waals surface area (Å²) in [7, 11) is 1.27. The molecule has 0 heterocycles. The standard InChI is InChI=1S/C9H8FNO3/c1-14-8-5(4-12)2-6(10)3-7(8)9(11)13/h2-4H,1H3,(H2,11,13). The fourth-order valence-electron chi connectivity index (χ4n) is 1.11. The van der Waals surface area contributed by atoms with Gasteiger partial charge in [-0.15, -0.1) is 0 Å². The number of hydrogen-bond acceptors (Lipinski definition) is 3. The van der Waals surface area contributed by atoms with Crippen LogP contribution in [0.15, 0.2) is 12.1 Å². The van der Waals surface area contributed by atoms with Crippen LogP contribution in [0.2, 0.25) is 0 Å². The molecular formula is C9H8FNO3. The number of amides is 1. The number of ether oxygens (including phenoxy) is 1. The Morgan fingerprint density at radius 3 is 2.64 bits per heavy atom. The quantitative estimate of drug-likeness (QED) is 0.726. The van der Waals surface area contributed by atoms with E-state index in [0.29, 0.717) is 6.29 Å². The lowest BCUT2D eigenvalue weighted by Gasteiger charge is -2.07. The van der Waals surface area contributed by atoms with Crippen molar-refractivity contribution in [1.82, 2.24) is 0 Å². The van der Waals surface area contributed by atoms with Crippen molar-refractivity contribution in [3.63, 3.8) is 0 Å². The molecule has 0 bridgehead atoms. The van der Waals surface area contributed by atoms with Gasteiger partial charge < -0.3 is 10.5 Å². The molecule has 1 amide bonds. The van der Waals surface area contributed by atoms with Crippen LogP contribution in [0.25, 0.3) is 0 Å². The van der Waals surface area contributed by atoms with E-state index in [9.17, 15) is 14.0 Å². The zero-order valence-electron chi connectivity index (χ0n) is 7.41. The Kier molecular flexibility index (Phi) is 2.81. The SMILES string of the molecule is COc1c(C=O)cc(F)cc1C(N)=O. The maximum Gasteiger partial charge on any atom is 0.252 e. The average molecular weight is 197 g/mol. The summed E-state index contributed by atoms with van der Waals surface area (Å²) in [5.74, 6) is -1.56. The van der Waals surface area contributed by atoms with E-state index in [1.165, 1.54) is 7.11 Å². The molecule has 0 aliphatic carbocycles. The van der Waals surface area contributed by atoms with Crippen LogP contribution in [0.4, 0.5) is 4.39 Å². The summed E-state index contributed by atoms with van der Waals surface area (Å²) in [4.78, 5) is 21.4. The molecule has 74 valence electrons. The van der Waals surface area contributed by atoms with Crippen LogP contribution in [0.1, 0.15) is 20.7 Å². The van der Waals surface area contributed by atoms with E-state index in [0.717, 1.165) is 12.1 Å². The zero-order chi connectivity index (χ0) is 10.7. The first-order valence-electron chi connectivity index (χ1n) is 3.72. The topological polar surface area (TPSA) is 69.4 Å². The molecule has 0 saturated carbocycles. The molecule has 5 heteroatoms. The second-order valence-electron chi connectivity index (χ2n) is 2.56. The van der Waals surface area contributed by atoms with Crippen molar-refractivity contribution in [3.8, 4) is 5.75 Å². The van der Waals surface area contributed by atoms with E-state index in [1.807, 2.05) is 0 Å². The molecule has 0 saturated heterocycles. The highest BCUT2D eigenvalue weighted by Gasteiger charge is 2.15. The number of hydrogen-bond donors (Lipinski definition) is 1. The second-order valence-corrected chi connectivity index (χ2v) is 2.56. The van der Waals surface area contributed by atoms with Crippen LogP contribution in [0.5, 0.6) is 5.75 Å². The van der Waals surface area contributed by atoms with Gasteiger partial charge in [-0.25, -0.2) is 4.39 Å². The highest BCUT2D eigenvalue weighted by atomic mass is 19.1. The van der Waals surface area contributed by atoms with Gasteiger partial charge in [0.05, 0.1) is 18.2 Å². The molecule has 0 spiro atoms. The van der Waals surface area contributed by atoms with E-state index in [4.69, 9.17) is 10.5 Å². The summed E-state index contributed by atoms with van der Waals surface area (Å²) >= 11 is 0. The maximum atomic E-state index is 12.9. The van der Waals surface area contributed by atoms with Crippen molar-refractivity contribution < 1.29 is 18.7 Å². The smallest absolute Gasteiger partial charge is 0.252 e. The molecule has 2 N–H and O–H groups in total. The lowest BCUT2D eigenvalue weighted by Crippen LogP contribution is -2.14. The summed E-state index contributed by atoms with van der Waals surface area (Å²) in [5.41, 5.74) is 4.80. The van der Waals surface area contributed by atoms with Crippen LogP contribution in [-0.2, 0) is 0 Å². The van der Waals surface area contributed by atoms with Crippen LogP contribution < -0.4 is 10.5 Å². The van der Waals surface area contributed by atoms with Gasteiger partial charge in [0.25, 0.3) is 5.91 Å². The lowest BCUT2D eigenvalue weighted by atomic mass is 10.1. The predicted octanol–water partition coefficient (Wildman–Crippen LogP) is 0.746. The van der Waals surface area contributed by atoms with Crippen LogP contribution in [-0.4, -0.2) is 19.3 Å². The van der Waals surface area contributed by atoms with E-state index >= 15 is 0 Å². The zero-order valence-corrected chi connectivity index (χ0v) is 7.41. The van der Waals surface area contributed by atoms with Gasteiger partial charge in [0.1, 0.15) is 11.6 Å². The molecule has 0 aliphatic rings. The van der Waals surface area contributed by atoms with Crippen molar-refractivity contribution in [2.45, 2.75) is 0 Å². The summed E-state index contributed by atoms with van der Waals surface area (Å²) in [6.45, 7) is 0. The van der Waals surface area contributed by atoms with E-state index in [1.54, 1.807) is 0 Å². The summed E-state index contributed by atoms with van der Waals surface area (Å²) in [6, 6.07) is 1.90. The normalized spacial score (nSPS) is 9.57. The monoisotopic (exact) mass is 197 g/mol. The first kappa shape index (κ1) is 10.2. The molecule has 0 atom stereocenters. The summed E-state index contributed by atoms with van der Waals surface area (Å²) in [5, 5.41) is 0. The molecule has 0 fully saturated rings. The van der Waals surface area contributed by atoms with Crippen molar-refractivity contribution in [1.29, 1.82) is 0 Å². The Bertz CT molecular complexity index is 390. The van der Waals surface area contributed by atoms with Gasteiger partial charge in [-0.3, -0.25) is 9.59 Å². The van der Waals surface area contributed by atoms with E-state index in [2.05, 4.69) is 0 Å². The number of rotatable bonds is 3. The number of aldehydes is 1. The van der Waals surface area contributed by atoms with E-state index < -0.39 is 11.7 Å². The molecule has 0 radical (unpaired) electrons. The number of methoxy groups -OCH3 is 1. The highest BCUT2D eigenvalue weighted by molar-refractivity contribution is 5.98. The fraction of sp³-hybridized carbons (Fsp3) is 0.111. The second kappa shape index (κ2) is 3.87. The van der Waals surface area contributed by atoms with Gasteiger partial charge in [0.2, 0.25) is 0 Å². The van der Waals surface area contributed by atoms with Crippen molar-refractivity contribution in [2.75, 3.05) is 7.11 Å². The van der Waals surface area contributed by atoms with Gasteiger partial charge in [-0.1, -0.05) is 0 Å². The van der Waals surface area contributed by atoms with Gasteiger partial charge in [-0.2, -0.15) is 0 Å². The van der Waals surface area contributed by atoms with Gasteiger partial charge in [0, 0.05) is 0 Å². The first-order valence-corrected chi connectivity index (χ1v) is 3.72. The predicted molar refractivity (Wildman–Crippen MR) is 46.9 cm³/mol. The third-order valence-corrected chi connectivity index (χ3v) is 1.68. The number of primary amides is 1. The minimum atomic E-state index is -0.843. The highest BCUT2D eigenvalue weighted by Crippen LogP contribution is 2.23.